The van der Waals surface area contributed by atoms with E-state index in [2.05, 4.69) is 18.5 Å². The highest BCUT2D eigenvalue weighted by Crippen LogP contribution is 2.70. The third-order valence-corrected chi connectivity index (χ3v) is 11.5. The molecule has 4 unspecified atom stereocenters. The number of hydrogen-bond donors (Lipinski definition) is 6. The van der Waals surface area contributed by atoms with E-state index in [1.54, 1.807) is 7.05 Å². The molecule has 194 valence electrons. The molecular weight excluding hydrogens is 529 g/mol. The number of phosphoric ester groups is 1. The zero-order valence-corrected chi connectivity index (χ0v) is 21.5. The van der Waals surface area contributed by atoms with E-state index in [1.165, 1.54) is 0 Å². The molecule has 7 atom stereocenters. The van der Waals surface area contributed by atoms with Gasteiger partial charge in [0.2, 0.25) is 0 Å². The summed E-state index contributed by atoms with van der Waals surface area (Å²) in [6.07, 6.45) is 0.527. The maximum atomic E-state index is 12.0. The molecule has 15 nitrogen and oxygen atoms in total. The van der Waals surface area contributed by atoms with Crippen LogP contribution in [0.1, 0.15) is 32.1 Å². The molecule has 1 saturated heterocycles. The Labute approximate surface area is 192 Å². The minimum Gasteiger partial charge on any atom is -0.390 e. The predicted molar refractivity (Wildman–Crippen MR) is 116 cm³/mol. The van der Waals surface area contributed by atoms with Gasteiger partial charge in [-0.05, 0) is 32.9 Å². The van der Waals surface area contributed by atoms with Crippen LogP contribution in [0.15, 0.2) is 0 Å². The van der Waals surface area contributed by atoms with Gasteiger partial charge in [0, 0.05) is 6.00 Å². The number of unbranched alkanes of at least 4 members (excludes halogenated alkanes) is 3. The normalized spacial score (nSPS) is 28.5. The predicted octanol–water partition coefficient (Wildman–Crippen LogP) is 1.01. The molecule has 33 heavy (non-hydrogen) atoms. The maximum Gasteiger partial charge on any atom is 0.488 e. The number of aliphatic hydroxyl groups is 1. The highest BCUT2D eigenvalue weighted by atomic mass is 31.3. The average molecular weight is 559 g/mol. The van der Waals surface area contributed by atoms with Gasteiger partial charge in [-0.15, -0.1) is 0 Å². The lowest BCUT2D eigenvalue weighted by atomic mass is 9.96. The van der Waals surface area contributed by atoms with E-state index in [0.717, 1.165) is 19.4 Å². The van der Waals surface area contributed by atoms with Crippen molar-refractivity contribution < 1.29 is 65.3 Å². The van der Waals surface area contributed by atoms with E-state index in [0.29, 0.717) is 12.8 Å². The first-order chi connectivity index (χ1) is 15.1. The van der Waals surface area contributed by atoms with Crippen LogP contribution in [-0.4, -0.2) is 83.4 Å². The van der Waals surface area contributed by atoms with Crippen LogP contribution in [0.2, 0.25) is 0 Å². The van der Waals surface area contributed by atoms with Crippen molar-refractivity contribution in [2.24, 2.45) is 0 Å². The maximum absolute atomic E-state index is 12.0. The van der Waals surface area contributed by atoms with Gasteiger partial charge in [0.25, 0.3) is 0 Å². The van der Waals surface area contributed by atoms with E-state index in [4.69, 9.17) is 17.1 Å². The van der Waals surface area contributed by atoms with Crippen molar-refractivity contribution in [1.29, 1.82) is 0 Å². The van der Waals surface area contributed by atoms with Gasteiger partial charge in [-0.3, -0.25) is 13.7 Å². The Morgan fingerprint density at radius 1 is 0.939 bits per heavy atom. The molecule has 0 amide bonds. The van der Waals surface area contributed by atoms with Gasteiger partial charge in [0.05, 0.1) is 19.3 Å². The lowest BCUT2D eigenvalue weighted by Gasteiger charge is -2.21. The Kier molecular flexibility index (Phi) is 13.1. The van der Waals surface area contributed by atoms with Crippen LogP contribution in [0.5, 0.6) is 0 Å². The van der Waals surface area contributed by atoms with Crippen LogP contribution in [0.25, 0.3) is 0 Å². The van der Waals surface area contributed by atoms with Gasteiger partial charge < -0.3 is 39.3 Å². The number of rotatable bonds is 17. The largest absolute Gasteiger partial charge is 0.488 e. The van der Waals surface area contributed by atoms with E-state index in [9.17, 15) is 42.9 Å². The summed E-state index contributed by atoms with van der Waals surface area (Å²) in [4.78, 5) is 38.4. The summed E-state index contributed by atoms with van der Waals surface area (Å²) < 4.78 is 69.6. The molecule has 20 heteroatoms. The second-order valence-electron chi connectivity index (χ2n) is 7.18. The fraction of sp³-hybridized carbons (Fsp3) is 1.00. The van der Waals surface area contributed by atoms with Gasteiger partial charge in [0.15, 0.2) is 5.90 Å². The fourth-order valence-corrected chi connectivity index (χ4v) is 9.13. The summed E-state index contributed by atoms with van der Waals surface area (Å²) in [5.41, 5.74) is 0. The van der Waals surface area contributed by atoms with Crippen LogP contribution in [0, 0.1) is 0 Å². The highest BCUT2D eigenvalue weighted by molar-refractivity contribution is 7.75. The standard InChI is InChI=1S/C13H30BNO14P4/c1-15-6-4-2-3-5-7-25-30(17,18)10-31(19,20)28-33(23,24)29-32(21,22)26-9-12-11(16)8-13(14)27-12/h11-13,15-16H,2-10H2,1H3,(H,17,18)(H,19,20)(H,21,22)(H,23,24)/t11-,12-,13-/m1/s1. The molecular formula is C13H30BNO14P4. The number of ether oxygens (including phenoxy) is 1. The zero-order chi connectivity index (χ0) is 25.3. The third kappa shape index (κ3) is 14.0. The van der Waals surface area contributed by atoms with Gasteiger partial charge in [0.1, 0.15) is 14.0 Å². The smallest absolute Gasteiger partial charge is 0.390 e. The molecule has 0 aliphatic carbocycles. The fourth-order valence-electron chi connectivity index (χ4n) is 2.67. The van der Waals surface area contributed by atoms with Crippen LogP contribution in [0.3, 0.4) is 0 Å². The first kappa shape index (κ1) is 31.6. The minimum atomic E-state index is -5.73. The van der Waals surface area contributed by atoms with Gasteiger partial charge >= 0.3 is 30.8 Å². The molecule has 1 aliphatic heterocycles. The molecule has 0 aromatic heterocycles. The van der Waals surface area contributed by atoms with E-state index in [1.807, 2.05) is 0 Å². The van der Waals surface area contributed by atoms with Crippen LogP contribution < -0.4 is 5.32 Å². The summed E-state index contributed by atoms with van der Waals surface area (Å²) >= 11 is 0. The third-order valence-electron chi connectivity index (χ3n) is 4.06. The summed E-state index contributed by atoms with van der Waals surface area (Å²) in [6, 6.07) is -0.852. The van der Waals surface area contributed by atoms with Crippen molar-refractivity contribution >= 4 is 38.7 Å². The van der Waals surface area contributed by atoms with Crippen LogP contribution in [0.4, 0.5) is 0 Å². The van der Waals surface area contributed by atoms with Gasteiger partial charge in [-0.1, -0.05) is 12.8 Å². The van der Waals surface area contributed by atoms with Crippen molar-refractivity contribution in [1.82, 2.24) is 5.32 Å². The topological polar surface area (TPSA) is 228 Å². The van der Waals surface area contributed by atoms with Crippen molar-refractivity contribution in [2.75, 3.05) is 32.7 Å². The van der Waals surface area contributed by atoms with E-state index < -0.39 is 61.6 Å². The lowest BCUT2D eigenvalue weighted by Crippen LogP contribution is -2.26. The number of aliphatic hydroxyl groups excluding tert-OH is 1. The summed E-state index contributed by atoms with van der Waals surface area (Å²) in [5.74, 6) is -1.57. The summed E-state index contributed by atoms with van der Waals surface area (Å²) in [7, 11) is -13.9. The molecule has 0 aromatic rings. The molecule has 6 N–H and O–H groups in total. The number of phosphoric acid groups is 2. The van der Waals surface area contributed by atoms with E-state index in [-0.39, 0.29) is 13.0 Å². The molecule has 1 heterocycles. The van der Waals surface area contributed by atoms with Crippen LogP contribution in [-0.2, 0) is 40.7 Å². The molecule has 0 saturated carbocycles. The quantitative estimate of drug-likeness (QED) is 0.0830. The minimum absolute atomic E-state index is 0.0134. The molecule has 0 aromatic carbocycles. The van der Waals surface area contributed by atoms with Crippen molar-refractivity contribution in [3.05, 3.63) is 0 Å². The summed E-state index contributed by atoms with van der Waals surface area (Å²) in [5, 5.41) is 12.6. The monoisotopic (exact) mass is 559 g/mol. The number of hydrogen-bond acceptors (Lipinski definition) is 11. The first-order valence-electron chi connectivity index (χ1n) is 9.81. The molecule has 2 radical (unpaired) electrons. The number of nitrogens with one attached hydrogen (secondary N) is 1. The van der Waals surface area contributed by atoms with Crippen molar-refractivity contribution in [3.8, 4) is 0 Å². The molecule has 1 rings (SSSR count). The lowest BCUT2D eigenvalue weighted by molar-refractivity contribution is -0.00415. The Hall–Kier alpha value is 0.545. The molecule has 0 bridgehead atoms. The molecule has 0 spiro atoms. The van der Waals surface area contributed by atoms with Crippen LogP contribution >= 0.6 is 30.8 Å². The van der Waals surface area contributed by atoms with Crippen molar-refractivity contribution in [3.63, 3.8) is 0 Å². The zero-order valence-electron chi connectivity index (χ0n) is 17.9. The second-order valence-corrected chi connectivity index (χ2v) is 14.6. The summed E-state index contributed by atoms with van der Waals surface area (Å²) in [6.45, 7) is -0.170. The molecule has 1 aliphatic rings. The van der Waals surface area contributed by atoms with Gasteiger partial charge in [-0.2, -0.15) is 4.31 Å². The highest BCUT2D eigenvalue weighted by Gasteiger charge is 2.45. The van der Waals surface area contributed by atoms with Crippen molar-refractivity contribution in [2.45, 2.75) is 50.3 Å². The Morgan fingerprint density at radius 3 is 2.15 bits per heavy atom. The SMILES string of the molecule is [B][C@H]1C[C@@H](O)[C@@H](COP(=O)(O)OP(=O)(O)OP(=O)(O)CP(=O)(O)OCCCCCCNC)O1. The van der Waals surface area contributed by atoms with Gasteiger partial charge in [-0.25, -0.2) is 13.4 Å². The first-order valence-corrected chi connectivity index (χ1v) is 16.3. The average Bonchev–Trinajstić information content (AvgIpc) is 2.93. The van der Waals surface area contributed by atoms with E-state index >= 15 is 0 Å². The molecule has 1 fully saturated rings. The Balaban J connectivity index is 2.50. The Bertz CT molecular complexity index is 801. The Morgan fingerprint density at radius 2 is 1.58 bits per heavy atom. The second kappa shape index (κ2) is 13.7.